The van der Waals surface area contributed by atoms with Gasteiger partial charge in [-0.2, -0.15) is 0 Å². The predicted octanol–water partition coefficient (Wildman–Crippen LogP) is -3.64. The Morgan fingerprint density at radius 2 is 0.903 bits per heavy atom. The Morgan fingerprint density at radius 3 is 1.37 bits per heavy atom. The first kappa shape index (κ1) is 125. The molecule has 16 atom stereocenters. The van der Waals surface area contributed by atoms with E-state index in [-0.39, 0.29) is 185 Å². The molecule has 145 heavy (non-hydrogen) atoms. The summed E-state index contributed by atoms with van der Waals surface area (Å²) < 4.78 is 0. The van der Waals surface area contributed by atoms with Gasteiger partial charge in [0.15, 0.2) is 17.9 Å². The number of unbranched alkanes of at least 4 members (excludes halogenated alkanes) is 3. The first-order chi connectivity index (χ1) is 68.5. The van der Waals surface area contributed by atoms with Crippen LogP contribution in [0.2, 0.25) is 0 Å². The molecule has 0 aromatic heterocycles. The molecule has 17 amide bonds. The Hall–Kier alpha value is -13.9. The van der Waals surface area contributed by atoms with E-state index in [9.17, 15) is 72.9 Å². The molecule has 49 nitrogen and oxygen atoms in total. The lowest BCUT2D eigenvalue weighted by Crippen LogP contribution is -2.66. The van der Waals surface area contributed by atoms with E-state index in [1.807, 2.05) is 6.92 Å². The molecule has 1 aliphatic heterocycles. The average Bonchev–Trinajstić information content (AvgIpc) is 1.12. The lowest BCUT2D eigenvalue weighted by molar-refractivity contribution is -0.140. The van der Waals surface area contributed by atoms with Gasteiger partial charge in [0.25, 0.3) is 0 Å². The third kappa shape index (κ3) is 48.8. The van der Waals surface area contributed by atoms with Gasteiger partial charge in [-0.3, -0.25) is 103 Å². The SMILES string of the molecule is CCCC[C@H](NC(=O)[C@H](CCC(=O)O)NC(=O)[C@H](CCCNC(=N)N)NC(=O)[C@H](Cc1ccc(O)cc1)NC(=O)[C@H](CCCCN)NC(=O)[C@H](C)NC(=O)[C@]1(C)CCC/C=C\CCC[C@](C)(NC(=O)[C@@H](NC(=O)[C@H](CCCCN)NC(=O)[C@H](Cc2ccccc2)NC(=O)CCNC(C)=O)C(C)C)C(=O)N[C@@H](CCCNC(=N)N)C(=O)N[C@@H](CCCNC(=N)N)C(=O)N[C@@H]([C@@H](C)O)C(=O)N1)C(=O)N[C@@H](CC(C)C)C(N)=O. The van der Waals surface area contributed by atoms with Gasteiger partial charge in [0, 0.05) is 58.8 Å². The summed E-state index contributed by atoms with van der Waals surface area (Å²) in [7, 11) is 0. The number of rotatable bonds is 59. The molecular weight excluding hydrogens is 1880 g/mol. The van der Waals surface area contributed by atoms with E-state index >= 15 is 28.8 Å². The highest BCUT2D eigenvalue weighted by Gasteiger charge is 2.44. The predicted molar refractivity (Wildman–Crippen MR) is 541 cm³/mol. The van der Waals surface area contributed by atoms with Crippen LogP contribution in [-0.4, -0.2) is 275 Å². The van der Waals surface area contributed by atoms with Crippen molar-refractivity contribution in [3.63, 3.8) is 0 Å². The van der Waals surface area contributed by atoms with Crippen LogP contribution in [0.4, 0.5) is 0 Å². The number of hydrogen-bond acceptors (Lipinski definition) is 25. The summed E-state index contributed by atoms with van der Waals surface area (Å²) in [5, 5.41) is 105. The molecule has 0 fully saturated rings. The molecule has 2 aromatic rings. The molecule has 2 aromatic carbocycles. The number of carbonyl (C=O) groups excluding carboxylic acids is 17. The van der Waals surface area contributed by atoms with E-state index in [1.54, 1.807) is 70.2 Å². The number of aliphatic carboxylic acids is 1. The number of aliphatic hydroxyl groups excluding tert-OH is 1. The van der Waals surface area contributed by atoms with E-state index in [4.69, 9.17) is 50.6 Å². The second-order valence-electron chi connectivity index (χ2n) is 37.6. The summed E-state index contributed by atoms with van der Waals surface area (Å²) in [6.45, 7) is 15.2. The van der Waals surface area contributed by atoms with Crippen molar-refractivity contribution in [2.45, 2.75) is 338 Å². The summed E-state index contributed by atoms with van der Waals surface area (Å²) in [6, 6.07) is -5.49. The molecule has 49 heteroatoms. The highest BCUT2D eigenvalue weighted by Crippen LogP contribution is 2.23. The fourth-order valence-corrected chi connectivity index (χ4v) is 15.5. The molecular formula is C96H160N28O21. The number of primary amides is 1. The van der Waals surface area contributed by atoms with E-state index in [0.29, 0.717) is 43.2 Å². The minimum Gasteiger partial charge on any atom is -0.508 e. The molecule has 0 spiro atoms. The Labute approximate surface area is 846 Å². The largest absolute Gasteiger partial charge is 0.508 e. The maximum absolute atomic E-state index is 15.4. The van der Waals surface area contributed by atoms with Gasteiger partial charge < -0.3 is 151 Å². The standard InChI is InChI=1S/C96H160N28O21/c1-11-12-31-63(80(134)118-70(77(99)131)52-55(2)3)113-83(137)69(41-42-74(129)130)117-79(133)66(34-26-48-107-92(100)101)116-87(141)72(54-61-37-39-62(127)40-38-61)119-81(135)64(32-20-24-46-97)112-78(132)57(6)110-90(144)95(9)44-22-15-13-14-16-23-45-96(10,91(145)120-68(36-28-50-109-94(104)105)82(136)114-67(35-27-49-108-93(102)103)85(139)122-76(58(7)125)89(143)124-95)123-88(142)75(56(4)5)121-84(138)65(33-21-25-47-98)115-86(140)71(53-60-29-18-17-19-30-60)111-73(128)43-51-106-59(8)126/h13-14,17-19,29-30,37-40,55-58,63-72,75-76,125,127H,11-12,15-16,20-28,31-36,41-54,97-98H2,1-10H3,(H2,99,131)(H,106,126)(H,110,144)(H,111,128)(H,112,132)(H,113,137)(H,114,136)(H,115,140)(H,116,141)(H,117,133)(H,118,134)(H,119,135)(H,120,145)(H,121,138)(H,122,139)(H,123,142)(H,124,143)(H,129,130)(H4,100,101,107)(H4,102,103,108)(H4,104,105,109)/b14-13-/t57-,58+,63-,64-,65-,66-,67-,68-,69-,70-,71-,72-,75-,76-,95-,96-/m0/s1. The first-order valence-electron chi connectivity index (χ1n) is 49.6. The molecule has 1 aliphatic rings. The maximum Gasteiger partial charge on any atom is 0.303 e. The number of carboxylic acids is 1. The van der Waals surface area contributed by atoms with Gasteiger partial charge in [0.2, 0.25) is 100 Å². The highest BCUT2D eigenvalue weighted by atomic mass is 16.4. The normalized spacial score (nSPS) is 18.9. The second kappa shape index (κ2) is 66.1. The second-order valence-corrected chi connectivity index (χ2v) is 37.6. The molecule has 0 bridgehead atoms. The zero-order valence-corrected chi connectivity index (χ0v) is 85.1. The molecule has 810 valence electrons. The van der Waals surface area contributed by atoms with E-state index < -0.39 is 233 Å². The molecule has 1 heterocycles. The van der Waals surface area contributed by atoms with E-state index in [2.05, 4.69) is 101 Å². The van der Waals surface area contributed by atoms with Crippen LogP contribution in [0.15, 0.2) is 66.7 Å². The summed E-state index contributed by atoms with van der Waals surface area (Å²) in [5.74, 6) is -19.0. The van der Waals surface area contributed by atoms with Gasteiger partial charge in [-0.25, -0.2) is 0 Å². The van der Waals surface area contributed by atoms with Gasteiger partial charge in [-0.15, -0.1) is 0 Å². The fourth-order valence-electron chi connectivity index (χ4n) is 15.5. The maximum atomic E-state index is 15.4. The third-order valence-electron chi connectivity index (χ3n) is 23.9. The molecule has 37 N–H and O–H groups in total. The zero-order valence-electron chi connectivity index (χ0n) is 85.1. The number of amides is 17. The third-order valence-corrected chi connectivity index (χ3v) is 23.9. The topological polar surface area (TPSA) is 824 Å². The van der Waals surface area contributed by atoms with E-state index in [0.717, 1.165) is 6.92 Å². The summed E-state index contributed by atoms with van der Waals surface area (Å²) in [4.78, 5) is 257. The van der Waals surface area contributed by atoms with Crippen LogP contribution in [0, 0.1) is 28.1 Å². The van der Waals surface area contributed by atoms with Crippen LogP contribution < -0.4 is 135 Å². The zero-order chi connectivity index (χ0) is 109. The number of phenolic OH excluding ortho intramolecular Hbond substituents is 1. The fraction of sp³-hybridized carbons (Fsp3) is 0.635. The molecule has 0 saturated heterocycles. The number of guanidine groups is 3. The van der Waals surface area contributed by atoms with Crippen molar-refractivity contribution in [3.8, 4) is 5.75 Å². The highest BCUT2D eigenvalue weighted by molar-refractivity contribution is 6.02. The number of allylic oxidation sites excluding steroid dienone is 2. The minimum absolute atomic E-state index is 0.00486. The smallest absolute Gasteiger partial charge is 0.303 e. The summed E-state index contributed by atoms with van der Waals surface area (Å²) >= 11 is 0. The van der Waals surface area contributed by atoms with Crippen LogP contribution in [0.1, 0.15) is 241 Å². The van der Waals surface area contributed by atoms with Gasteiger partial charge in [-0.05, 0) is 211 Å². The summed E-state index contributed by atoms with van der Waals surface area (Å²) in [6.07, 6.45) is 1.53. The van der Waals surface area contributed by atoms with Crippen molar-refractivity contribution in [2.75, 3.05) is 39.3 Å². The number of nitrogens with two attached hydrogens (primary N) is 6. The van der Waals surface area contributed by atoms with Gasteiger partial charge in [0.1, 0.15) is 95.4 Å². The minimum atomic E-state index is -2.06. The number of aliphatic hydroxyl groups is 1. The van der Waals surface area contributed by atoms with Crippen LogP contribution in [0.25, 0.3) is 0 Å². The van der Waals surface area contributed by atoms with Crippen LogP contribution >= 0.6 is 0 Å². The number of hydrogen-bond donors (Lipinski definition) is 31. The Bertz CT molecular complexity index is 4650. The lowest BCUT2D eigenvalue weighted by Gasteiger charge is -2.34. The van der Waals surface area contributed by atoms with Crippen molar-refractivity contribution < 1.29 is 102 Å². The van der Waals surface area contributed by atoms with Crippen LogP contribution in [-0.2, 0) is 99.1 Å². The Balaban J connectivity index is 2.19. The number of carbonyl (C=O) groups is 18. The number of aromatic hydroxyl groups is 1. The molecule has 0 unspecified atom stereocenters. The quantitative estimate of drug-likeness (QED) is 0.0131. The Morgan fingerprint density at radius 1 is 0.469 bits per heavy atom. The number of nitrogens with one attached hydrogen (secondary N) is 22. The van der Waals surface area contributed by atoms with Crippen LogP contribution in [0.5, 0.6) is 5.75 Å². The lowest BCUT2D eigenvalue weighted by atomic mass is 9.90. The van der Waals surface area contributed by atoms with Crippen molar-refractivity contribution in [1.82, 2.24) is 101 Å². The monoisotopic (exact) mass is 2040 g/mol. The summed E-state index contributed by atoms with van der Waals surface area (Å²) in [5.41, 5.74) is 31.2. The Kier molecular flexibility index (Phi) is 57.1. The number of benzene rings is 2. The number of carboxylic acid groups (broad SMARTS) is 1. The average molecular weight is 2040 g/mol. The molecule has 0 radical (unpaired) electrons. The first-order valence-corrected chi connectivity index (χ1v) is 49.6. The van der Waals surface area contributed by atoms with E-state index in [1.165, 1.54) is 52.0 Å². The molecule has 0 saturated carbocycles. The van der Waals surface area contributed by atoms with Gasteiger partial charge in [-0.1, -0.05) is 102 Å². The van der Waals surface area contributed by atoms with Crippen molar-refractivity contribution in [1.29, 1.82) is 16.2 Å². The van der Waals surface area contributed by atoms with Crippen molar-refractivity contribution >= 4 is 124 Å². The van der Waals surface area contributed by atoms with Gasteiger partial charge in [0.05, 0.1) is 6.10 Å². The van der Waals surface area contributed by atoms with Crippen molar-refractivity contribution in [2.24, 2.45) is 46.2 Å². The molecule has 3 rings (SSSR count). The van der Waals surface area contributed by atoms with Crippen molar-refractivity contribution in [3.05, 3.63) is 77.9 Å². The van der Waals surface area contributed by atoms with Gasteiger partial charge >= 0.3 is 5.97 Å². The van der Waals surface area contributed by atoms with Crippen LogP contribution in [0.3, 0.4) is 0 Å². The number of phenols is 1. The molecule has 0 aliphatic carbocycles.